The number of aliphatic hydroxyl groups is 2. The molecular weight excluding hydrogens is 452 g/mol. The molecule has 4 atom stereocenters. The summed E-state index contributed by atoms with van der Waals surface area (Å²) in [5.41, 5.74) is 1.34. The minimum atomic E-state index is -4.80. The fraction of sp³-hybridized carbons (Fsp3) is 0.353. The summed E-state index contributed by atoms with van der Waals surface area (Å²) >= 11 is 0. The van der Waals surface area contributed by atoms with Gasteiger partial charge < -0.3 is 39.8 Å². The van der Waals surface area contributed by atoms with Crippen LogP contribution in [-0.2, 0) is 20.4 Å². The number of aromatic nitrogens is 4. The van der Waals surface area contributed by atoms with Crippen LogP contribution in [0.1, 0.15) is 5.56 Å². The van der Waals surface area contributed by atoms with Gasteiger partial charge in [0.15, 0.2) is 11.5 Å². The van der Waals surface area contributed by atoms with Gasteiger partial charge in [0.1, 0.15) is 41.7 Å². The predicted octanol–water partition coefficient (Wildman–Crippen LogP) is 0.0389. The van der Waals surface area contributed by atoms with Crippen molar-refractivity contribution < 1.29 is 43.0 Å². The van der Waals surface area contributed by atoms with Crippen LogP contribution >= 0.6 is 7.82 Å². The number of benzene rings is 1. The van der Waals surface area contributed by atoms with E-state index in [2.05, 4.69) is 29.8 Å². The van der Waals surface area contributed by atoms with Crippen LogP contribution in [-0.4, -0.2) is 71.1 Å². The van der Waals surface area contributed by atoms with Crippen molar-refractivity contribution in [1.82, 2.24) is 19.9 Å². The highest BCUT2D eigenvalue weighted by Crippen LogP contribution is 2.37. The van der Waals surface area contributed by atoms with Gasteiger partial charge in [0.25, 0.3) is 0 Å². The third-order valence-corrected chi connectivity index (χ3v) is 5.15. The third kappa shape index (κ3) is 5.02. The molecule has 1 aliphatic heterocycles. The lowest BCUT2D eigenvalue weighted by molar-refractivity contribution is -0.116. The van der Waals surface area contributed by atoms with E-state index in [1.165, 1.54) is 24.8 Å². The molecule has 6 N–H and O–H groups in total. The molecule has 2 aromatic heterocycles. The highest BCUT2D eigenvalue weighted by molar-refractivity contribution is 7.46. The summed E-state index contributed by atoms with van der Waals surface area (Å²) < 4.78 is 40.0. The van der Waals surface area contributed by atoms with Gasteiger partial charge in [0, 0.05) is 12.1 Å². The molecule has 0 aliphatic carbocycles. The first-order valence-corrected chi connectivity index (χ1v) is 10.8. The number of phosphoric ester groups is 1. The number of phosphoric acid groups is 1. The summed E-state index contributed by atoms with van der Waals surface area (Å²) in [4.78, 5) is 32.6. The Balaban J connectivity index is 1.47. The van der Waals surface area contributed by atoms with Crippen molar-refractivity contribution in [3.8, 4) is 5.75 Å². The van der Waals surface area contributed by atoms with E-state index in [0.29, 0.717) is 22.5 Å². The van der Waals surface area contributed by atoms with Gasteiger partial charge in [-0.25, -0.2) is 23.9 Å². The standard InChI is InChI=1S/C17H19FN5O8P/c18-9-1-2-10(30-17-14(25)13(24)11(31-17)5-29-32(26,27)28)8(3-9)4-19-15-12-16(21-6-20-12)23-7-22-15/h1-3,6-7,11,13-14,17,24-25H,4-5H2,(H2,26,27,28)(H2,19,20,21,22,23)/t11-,13-,14-,17?/m1/s1. The van der Waals surface area contributed by atoms with Crippen LogP contribution < -0.4 is 10.1 Å². The van der Waals surface area contributed by atoms with Gasteiger partial charge in [0.2, 0.25) is 6.29 Å². The largest absolute Gasteiger partial charge is 0.469 e. The zero-order chi connectivity index (χ0) is 22.9. The predicted molar refractivity (Wildman–Crippen MR) is 105 cm³/mol. The number of aliphatic hydroxyl groups excluding tert-OH is 2. The number of aromatic amines is 1. The second kappa shape index (κ2) is 9.03. The van der Waals surface area contributed by atoms with Crippen LogP contribution in [0.3, 0.4) is 0 Å². The highest BCUT2D eigenvalue weighted by atomic mass is 31.2. The van der Waals surface area contributed by atoms with E-state index in [1.807, 2.05) is 0 Å². The van der Waals surface area contributed by atoms with E-state index in [4.69, 9.17) is 19.3 Å². The first-order chi connectivity index (χ1) is 15.2. The lowest BCUT2D eigenvalue weighted by Crippen LogP contribution is -2.36. The fourth-order valence-corrected chi connectivity index (χ4v) is 3.47. The molecule has 1 aliphatic rings. The Kier molecular flexibility index (Phi) is 6.35. The molecule has 32 heavy (non-hydrogen) atoms. The number of ether oxygens (including phenoxy) is 2. The Hall–Kier alpha value is -2.71. The van der Waals surface area contributed by atoms with Crippen LogP contribution in [0.5, 0.6) is 5.75 Å². The summed E-state index contributed by atoms with van der Waals surface area (Å²) in [6.45, 7) is -0.609. The number of anilines is 1. The molecule has 13 nitrogen and oxygen atoms in total. The van der Waals surface area contributed by atoms with E-state index in [1.54, 1.807) is 0 Å². The summed E-state index contributed by atoms with van der Waals surface area (Å²) in [5.74, 6) is 0.0240. The molecule has 172 valence electrons. The molecular formula is C17H19FN5O8P. The van der Waals surface area contributed by atoms with Crippen molar-refractivity contribution in [3.63, 3.8) is 0 Å². The molecule has 0 bridgehead atoms. The van der Waals surface area contributed by atoms with Crippen LogP contribution in [0, 0.1) is 5.82 Å². The smallest absolute Gasteiger partial charge is 0.462 e. The van der Waals surface area contributed by atoms with Crippen LogP contribution in [0.15, 0.2) is 30.9 Å². The zero-order valence-electron chi connectivity index (χ0n) is 16.2. The number of nitrogens with zero attached hydrogens (tertiary/aromatic N) is 3. The maximum absolute atomic E-state index is 13.9. The number of fused-ring (bicyclic) bond motifs is 1. The van der Waals surface area contributed by atoms with E-state index in [9.17, 15) is 19.2 Å². The number of halogens is 1. The van der Waals surface area contributed by atoms with Gasteiger partial charge >= 0.3 is 7.82 Å². The Morgan fingerprint density at radius 3 is 2.81 bits per heavy atom. The molecule has 15 heteroatoms. The monoisotopic (exact) mass is 471 g/mol. The van der Waals surface area contributed by atoms with Crippen molar-refractivity contribution in [1.29, 1.82) is 0 Å². The molecule has 0 spiro atoms. The Morgan fingerprint density at radius 1 is 1.22 bits per heavy atom. The van der Waals surface area contributed by atoms with E-state index < -0.39 is 44.8 Å². The van der Waals surface area contributed by atoms with Gasteiger partial charge in [-0.15, -0.1) is 0 Å². The van der Waals surface area contributed by atoms with Gasteiger partial charge in [-0.2, -0.15) is 0 Å². The molecule has 0 saturated carbocycles. The van der Waals surface area contributed by atoms with Crippen molar-refractivity contribution >= 4 is 24.8 Å². The number of hydrogen-bond donors (Lipinski definition) is 6. The summed E-state index contributed by atoms with van der Waals surface area (Å²) in [7, 11) is -4.80. The highest BCUT2D eigenvalue weighted by Gasteiger charge is 2.45. The first kappa shape index (κ1) is 22.5. The molecule has 1 unspecified atom stereocenters. The van der Waals surface area contributed by atoms with Crippen LogP contribution in [0.25, 0.3) is 11.2 Å². The Bertz CT molecular complexity index is 1140. The molecule has 3 aromatic rings. The fourth-order valence-electron chi connectivity index (χ4n) is 3.12. The van der Waals surface area contributed by atoms with Gasteiger partial charge in [-0.05, 0) is 18.2 Å². The van der Waals surface area contributed by atoms with E-state index in [-0.39, 0.29) is 12.3 Å². The number of H-pyrrole nitrogens is 1. The number of rotatable bonds is 8. The second-order valence-corrected chi connectivity index (χ2v) is 8.10. The third-order valence-electron chi connectivity index (χ3n) is 4.66. The van der Waals surface area contributed by atoms with Crippen molar-refractivity contribution in [3.05, 3.63) is 42.2 Å². The molecule has 1 fully saturated rings. The average molecular weight is 471 g/mol. The molecule has 1 aromatic carbocycles. The van der Waals surface area contributed by atoms with Gasteiger partial charge in [-0.1, -0.05) is 0 Å². The van der Waals surface area contributed by atoms with Gasteiger partial charge in [0.05, 0.1) is 12.9 Å². The zero-order valence-corrected chi connectivity index (χ0v) is 17.1. The Labute approximate surface area is 179 Å². The van der Waals surface area contributed by atoms with Gasteiger partial charge in [-0.3, -0.25) is 4.52 Å². The minimum absolute atomic E-state index is 0.0638. The normalized spacial score (nSPS) is 23.5. The first-order valence-electron chi connectivity index (χ1n) is 9.26. The maximum Gasteiger partial charge on any atom is 0.469 e. The maximum atomic E-state index is 13.9. The summed E-state index contributed by atoms with van der Waals surface area (Å²) in [6.07, 6.45) is -2.94. The quantitative estimate of drug-likeness (QED) is 0.242. The molecule has 1 saturated heterocycles. The molecule has 3 heterocycles. The topological polar surface area (TPSA) is 192 Å². The van der Waals surface area contributed by atoms with Crippen molar-refractivity contribution in [2.75, 3.05) is 11.9 Å². The Morgan fingerprint density at radius 2 is 2.03 bits per heavy atom. The van der Waals surface area contributed by atoms with Crippen molar-refractivity contribution in [2.24, 2.45) is 0 Å². The number of imidazole rings is 1. The summed E-state index contributed by atoms with van der Waals surface area (Å²) in [6, 6.07) is 3.67. The van der Waals surface area contributed by atoms with E-state index >= 15 is 0 Å². The second-order valence-electron chi connectivity index (χ2n) is 6.86. The molecule has 0 amide bonds. The van der Waals surface area contributed by atoms with Crippen molar-refractivity contribution in [2.45, 2.75) is 31.1 Å². The molecule has 4 rings (SSSR count). The van der Waals surface area contributed by atoms with Crippen LogP contribution in [0.2, 0.25) is 0 Å². The number of nitrogens with one attached hydrogen (secondary N) is 2. The minimum Gasteiger partial charge on any atom is -0.462 e. The van der Waals surface area contributed by atoms with E-state index in [0.717, 1.165) is 6.07 Å². The molecule has 0 radical (unpaired) electrons. The lowest BCUT2D eigenvalue weighted by atomic mass is 10.1. The SMILES string of the molecule is O=P(O)(O)OC[C@H]1OC(Oc2ccc(F)cc2CNc2ncnc3nc[nH]c23)[C@H](O)[C@@H]1O. The number of hydrogen-bond acceptors (Lipinski definition) is 10. The lowest BCUT2D eigenvalue weighted by Gasteiger charge is -2.19. The van der Waals surface area contributed by atoms with Crippen LogP contribution in [0.4, 0.5) is 10.2 Å². The summed E-state index contributed by atoms with van der Waals surface area (Å²) in [5, 5.41) is 23.3. The average Bonchev–Trinajstić information content (AvgIpc) is 3.32.